The summed E-state index contributed by atoms with van der Waals surface area (Å²) in [7, 11) is 1.56. The number of fused-ring (bicyclic) bond motifs is 1. The second-order valence-electron chi connectivity index (χ2n) is 4.92. The number of hydrogen-bond donors (Lipinski definition) is 1. The van der Waals surface area contributed by atoms with E-state index in [1.54, 1.807) is 7.05 Å². The standard InChI is InChI=1S/C14H17NO3/c1-8-6-9(2)10-4-5-12(14(17)18)15(3)13(16)11(10)7-8/h6-7,12H,4-5H2,1-3H3,(H,17,18). The molecule has 0 aliphatic carbocycles. The largest absolute Gasteiger partial charge is 0.480 e. The molecule has 0 saturated carbocycles. The SMILES string of the molecule is Cc1cc(C)c2c(c1)C(=O)N(C)C(C(=O)O)CC2. The Morgan fingerprint density at radius 1 is 1.39 bits per heavy atom. The first-order chi connectivity index (χ1) is 8.41. The maximum atomic E-state index is 12.3. The first kappa shape index (κ1) is 12.6. The number of carbonyl (C=O) groups excluding carboxylic acids is 1. The highest BCUT2D eigenvalue weighted by molar-refractivity contribution is 5.98. The third kappa shape index (κ3) is 1.98. The molecule has 2 rings (SSSR count). The van der Waals surface area contributed by atoms with Gasteiger partial charge in [-0.2, -0.15) is 0 Å². The number of benzene rings is 1. The number of aliphatic carboxylic acids is 1. The fraction of sp³-hybridized carbons (Fsp3) is 0.429. The molecule has 1 N–H and O–H groups in total. The van der Waals surface area contributed by atoms with Crippen molar-refractivity contribution < 1.29 is 14.7 Å². The van der Waals surface area contributed by atoms with Crippen molar-refractivity contribution in [2.75, 3.05) is 7.05 Å². The minimum absolute atomic E-state index is 0.193. The van der Waals surface area contributed by atoms with Crippen LogP contribution in [-0.2, 0) is 11.2 Å². The third-order valence-electron chi connectivity index (χ3n) is 3.59. The van der Waals surface area contributed by atoms with Crippen LogP contribution in [0.2, 0.25) is 0 Å². The van der Waals surface area contributed by atoms with Gasteiger partial charge in [0.25, 0.3) is 5.91 Å². The van der Waals surface area contributed by atoms with Crippen LogP contribution >= 0.6 is 0 Å². The van der Waals surface area contributed by atoms with Crippen LogP contribution in [0.25, 0.3) is 0 Å². The molecule has 1 amide bonds. The Morgan fingerprint density at radius 2 is 2.06 bits per heavy atom. The summed E-state index contributed by atoms with van der Waals surface area (Å²) in [6, 6.07) is 3.16. The van der Waals surface area contributed by atoms with Crippen LogP contribution in [0.5, 0.6) is 0 Å². The lowest BCUT2D eigenvalue weighted by Crippen LogP contribution is -2.41. The Labute approximate surface area is 106 Å². The number of nitrogens with zero attached hydrogens (tertiary/aromatic N) is 1. The fourth-order valence-corrected chi connectivity index (χ4v) is 2.62. The van der Waals surface area contributed by atoms with Gasteiger partial charge in [0.15, 0.2) is 0 Å². The van der Waals surface area contributed by atoms with Gasteiger partial charge in [-0.05, 0) is 43.9 Å². The molecule has 1 unspecified atom stereocenters. The molecule has 1 atom stereocenters. The Bertz CT molecular complexity index is 522. The first-order valence-electron chi connectivity index (χ1n) is 6.02. The topological polar surface area (TPSA) is 57.6 Å². The minimum Gasteiger partial charge on any atom is -0.480 e. The number of amides is 1. The van der Waals surface area contributed by atoms with Crippen molar-refractivity contribution in [3.63, 3.8) is 0 Å². The lowest BCUT2D eigenvalue weighted by molar-refractivity contribution is -0.142. The van der Waals surface area contributed by atoms with E-state index in [-0.39, 0.29) is 5.91 Å². The number of carboxylic acids is 1. The zero-order valence-electron chi connectivity index (χ0n) is 10.9. The van der Waals surface area contributed by atoms with E-state index in [9.17, 15) is 9.59 Å². The van der Waals surface area contributed by atoms with Crippen molar-refractivity contribution in [3.05, 3.63) is 34.4 Å². The molecular formula is C14H17NO3. The van der Waals surface area contributed by atoms with Gasteiger partial charge >= 0.3 is 5.97 Å². The number of rotatable bonds is 1. The summed E-state index contributed by atoms with van der Waals surface area (Å²) in [6.45, 7) is 3.92. The van der Waals surface area contributed by atoms with E-state index in [1.807, 2.05) is 26.0 Å². The molecule has 1 heterocycles. The summed E-state index contributed by atoms with van der Waals surface area (Å²) >= 11 is 0. The molecule has 1 aliphatic rings. The maximum Gasteiger partial charge on any atom is 0.326 e. The van der Waals surface area contributed by atoms with Gasteiger partial charge in [-0.1, -0.05) is 11.6 Å². The molecule has 1 aromatic carbocycles. The van der Waals surface area contributed by atoms with E-state index in [1.165, 1.54) is 4.90 Å². The summed E-state index contributed by atoms with van der Waals surface area (Å²) in [4.78, 5) is 24.8. The van der Waals surface area contributed by atoms with Crippen LogP contribution in [0.1, 0.15) is 33.5 Å². The molecule has 1 aromatic rings. The number of carbonyl (C=O) groups is 2. The van der Waals surface area contributed by atoms with Crippen molar-refractivity contribution in [1.82, 2.24) is 4.90 Å². The van der Waals surface area contributed by atoms with Crippen molar-refractivity contribution in [1.29, 1.82) is 0 Å². The van der Waals surface area contributed by atoms with Crippen LogP contribution in [0, 0.1) is 13.8 Å². The fourth-order valence-electron chi connectivity index (χ4n) is 2.62. The summed E-state index contributed by atoms with van der Waals surface area (Å²) in [6.07, 6.45) is 1.10. The van der Waals surface area contributed by atoms with E-state index < -0.39 is 12.0 Å². The number of hydrogen-bond acceptors (Lipinski definition) is 2. The summed E-state index contributed by atoms with van der Waals surface area (Å²) in [5, 5.41) is 9.16. The van der Waals surface area contributed by atoms with E-state index in [0.717, 1.165) is 16.7 Å². The Hall–Kier alpha value is -1.84. The van der Waals surface area contributed by atoms with Crippen LogP contribution in [0.3, 0.4) is 0 Å². The molecule has 96 valence electrons. The van der Waals surface area contributed by atoms with Crippen molar-refractivity contribution in [2.24, 2.45) is 0 Å². The van der Waals surface area contributed by atoms with Crippen molar-refractivity contribution >= 4 is 11.9 Å². The van der Waals surface area contributed by atoms with Gasteiger partial charge in [-0.15, -0.1) is 0 Å². The highest BCUT2D eigenvalue weighted by Crippen LogP contribution is 2.25. The predicted molar refractivity (Wildman–Crippen MR) is 67.8 cm³/mol. The third-order valence-corrected chi connectivity index (χ3v) is 3.59. The Morgan fingerprint density at radius 3 is 2.67 bits per heavy atom. The van der Waals surface area contributed by atoms with Crippen LogP contribution in [0.4, 0.5) is 0 Å². The molecular weight excluding hydrogens is 230 g/mol. The molecule has 0 spiro atoms. The van der Waals surface area contributed by atoms with Crippen molar-refractivity contribution in [3.8, 4) is 0 Å². The minimum atomic E-state index is -0.937. The highest BCUT2D eigenvalue weighted by atomic mass is 16.4. The summed E-state index contributed by atoms with van der Waals surface area (Å²) in [5.74, 6) is -1.13. The molecule has 18 heavy (non-hydrogen) atoms. The first-order valence-corrected chi connectivity index (χ1v) is 6.02. The lowest BCUT2D eigenvalue weighted by Gasteiger charge is -2.22. The van der Waals surface area contributed by atoms with Gasteiger partial charge in [0, 0.05) is 12.6 Å². The monoisotopic (exact) mass is 247 g/mol. The lowest BCUT2D eigenvalue weighted by atomic mass is 9.95. The number of aryl methyl sites for hydroxylation is 2. The molecule has 0 bridgehead atoms. The molecule has 1 aliphatic heterocycles. The van der Waals surface area contributed by atoms with E-state index in [0.29, 0.717) is 18.4 Å². The van der Waals surface area contributed by atoms with Crippen LogP contribution in [-0.4, -0.2) is 35.0 Å². The van der Waals surface area contributed by atoms with Gasteiger partial charge in [0.1, 0.15) is 6.04 Å². The van der Waals surface area contributed by atoms with Gasteiger partial charge in [-0.25, -0.2) is 4.79 Å². The van der Waals surface area contributed by atoms with E-state index >= 15 is 0 Å². The Kier molecular flexibility index (Phi) is 3.11. The molecule has 0 fully saturated rings. The van der Waals surface area contributed by atoms with Crippen molar-refractivity contribution in [2.45, 2.75) is 32.7 Å². The predicted octanol–water partition coefficient (Wildman–Crippen LogP) is 1.77. The average molecular weight is 247 g/mol. The molecule has 4 heteroatoms. The normalized spacial score (nSPS) is 19.4. The van der Waals surface area contributed by atoms with Gasteiger partial charge in [0.2, 0.25) is 0 Å². The maximum absolute atomic E-state index is 12.3. The smallest absolute Gasteiger partial charge is 0.326 e. The number of likely N-dealkylation sites (N-methyl/N-ethyl adjacent to an activating group) is 1. The van der Waals surface area contributed by atoms with E-state index in [4.69, 9.17) is 5.11 Å². The molecule has 0 aromatic heterocycles. The summed E-state index contributed by atoms with van der Waals surface area (Å²) < 4.78 is 0. The zero-order chi connectivity index (χ0) is 13.4. The average Bonchev–Trinajstić information content (AvgIpc) is 2.40. The highest BCUT2D eigenvalue weighted by Gasteiger charge is 2.32. The molecule has 4 nitrogen and oxygen atoms in total. The molecule has 0 radical (unpaired) electrons. The quantitative estimate of drug-likeness (QED) is 0.823. The summed E-state index contributed by atoms with van der Waals surface area (Å²) in [5.41, 5.74) is 3.74. The van der Waals surface area contributed by atoms with Crippen LogP contribution < -0.4 is 0 Å². The number of carboxylic acid groups (broad SMARTS) is 1. The van der Waals surface area contributed by atoms with Crippen LogP contribution in [0.15, 0.2) is 12.1 Å². The van der Waals surface area contributed by atoms with Gasteiger partial charge in [-0.3, -0.25) is 4.79 Å². The Balaban J connectivity index is 2.52. The second-order valence-corrected chi connectivity index (χ2v) is 4.92. The zero-order valence-corrected chi connectivity index (χ0v) is 10.9. The second kappa shape index (κ2) is 4.44. The van der Waals surface area contributed by atoms with Gasteiger partial charge < -0.3 is 10.0 Å². The van der Waals surface area contributed by atoms with Gasteiger partial charge in [0.05, 0.1) is 0 Å². The van der Waals surface area contributed by atoms with E-state index in [2.05, 4.69) is 0 Å². The molecule has 0 saturated heterocycles.